The first kappa shape index (κ1) is 16.9. The summed E-state index contributed by atoms with van der Waals surface area (Å²) >= 11 is 2.99. The van der Waals surface area contributed by atoms with Crippen LogP contribution >= 0.6 is 22.7 Å². The largest absolute Gasteiger partial charge is 0.296 e. The lowest BCUT2D eigenvalue weighted by molar-refractivity contribution is 0.101. The zero-order chi connectivity index (χ0) is 18.3. The number of amides is 1. The van der Waals surface area contributed by atoms with Crippen LogP contribution in [0.5, 0.6) is 0 Å². The molecule has 0 aliphatic rings. The van der Waals surface area contributed by atoms with Gasteiger partial charge in [0.25, 0.3) is 5.91 Å². The molecule has 0 aliphatic heterocycles. The van der Waals surface area contributed by atoms with Crippen molar-refractivity contribution in [2.45, 2.75) is 26.8 Å². The highest BCUT2D eigenvalue weighted by molar-refractivity contribution is 7.22. The average molecular weight is 384 g/mol. The van der Waals surface area contributed by atoms with E-state index in [1.54, 1.807) is 22.1 Å². The van der Waals surface area contributed by atoms with Gasteiger partial charge < -0.3 is 0 Å². The molecule has 6 nitrogen and oxygen atoms in total. The minimum absolute atomic E-state index is 0.110. The van der Waals surface area contributed by atoms with Gasteiger partial charge in [-0.2, -0.15) is 5.10 Å². The summed E-state index contributed by atoms with van der Waals surface area (Å²) in [5, 5.41) is 10.6. The Hall–Kier alpha value is -2.58. The monoisotopic (exact) mass is 383 g/mol. The molecule has 0 spiro atoms. The Morgan fingerprint density at radius 2 is 2.04 bits per heavy atom. The van der Waals surface area contributed by atoms with Crippen molar-refractivity contribution in [1.82, 2.24) is 19.7 Å². The summed E-state index contributed by atoms with van der Waals surface area (Å²) in [4.78, 5) is 21.8. The second-order valence-corrected chi connectivity index (χ2v) is 8.08. The Bertz CT molecular complexity index is 1060. The van der Waals surface area contributed by atoms with Crippen molar-refractivity contribution in [2.75, 3.05) is 5.32 Å². The van der Waals surface area contributed by atoms with Gasteiger partial charge in [0.05, 0.1) is 15.9 Å². The van der Waals surface area contributed by atoms with Gasteiger partial charge in [-0.1, -0.05) is 12.1 Å². The van der Waals surface area contributed by atoms with Gasteiger partial charge in [0.1, 0.15) is 16.4 Å². The van der Waals surface area contributed by atoms with Crippen molar-refractivity contribution >= 4 is 43.9 Å². The molecule has 0 saturated heterocycles. The number of anilines is 1. The van der Waals surface area contributed by atoms with Gasteiger partial charge >= 0.3 is 0 Å². The van der Waals surface area contributed by atoms with Crippen molar-refractivity contribution in [2.24, 2.45) is 0 Å². The Labute approximate surface area is 158 Å². The number of aryl methyl sites for hydroxylation is 1. The second kappa shape index (κ2) is 6.62. The molecule has 0 saturated carbocycles. The minimum Gasteiger partial charge on any atom is -0.296 e. The number of nitrogens with one attached hydrogen (secondary N) is 1. The average Bonchev–Trinajstić information content (AvgIpc) is 3.31. The van der Waals surface area contributed by atoms with E-state index in [4.69, 9.17) is 0 Å². The van der Waals surface area contributed by atoms with E-state index in [2.05, 4.69) is 20.4 Å². The SMILES string of the molecule is Cc1cc(C(=O)Nc2nc(-c3nc4ccccc4s3)cs2)n(C(C)C)n1. The molecule has 0 unspecified atom stereocenters. The van der Waals surface area contributed by atoms with E-state index in [1.165, 1.54) is 11.3 Å². The van der Waals surface area contributed by atoms with E-state index in [0.717, 1.165) is 26.6 Å². The third-order valence-corrected chi connectivity index (χ3v) is 5.63. The van der Waals surface area contributed by atoms with Crippen molar-refractivity contribution in [3.8, 4) is 10.7 Å². The second-order valence-electron chi connectivity index (χ2n) is 6.19. The van der Waals surface area contributed by atoms with E-state index in [1.807, 2.05) is 50.4 Å². The molecule has 1 aromatic carbocycles. The van der Waals surface area contributed by atoms with Crippen LogP contribution in [0.15, 0.2) is 35.7 Å². The van der Waals surface area contributed by atoms with Crippen LogP contribution in [0.2, 0.25) is 0 Å². The summed E-state index contributed by atoms with van der Waals surface area (Å²) in [7, 11) is 0. The number of nitrogens with zero attached hydrogens (tertiary/aromatic N) is 4. The summed E-state index contributed by atoms with van der Waals surface area (Å²) < 4.78 is 2.85. The fraction of sp³-hybridized carbons (Fsp3) is 0.222. The maximum atomic E-state index is 12.6. The van der Waals surface area contributed by atoms with Gasteiger partial charge in [-0.3, -0.25) is 14.8 Å². The molecule has 3 heterocycles. The zero-order valence-electron chi connectivity index (χ0n) is 14.6. The number of hydrogen-bond acceptors (Lipinski definition) is 6. The van der Waals surface area contributed by atoms with Crippen LogP contribution in [-0.2, 0) is 0 Å². The van der Waals surface area contributed by atoms with E-state index in [-0.39, 0.29) is 11.9 Å². The molecule has 4 rings (SSSR count). The zero-order valence-corrected chi connectivity index (χ0v) is 16.2. The number of benzene rings is 1. The van der Waals surface area contributed by atoms with E-state index in [0.29, 0.717) is 10.8 Å². The summed E-state index contributed by atoms with van der Waals surface area (Å²) in [6, 6.07) is 9.90. The summed E-state index contributed by atoms with van der Waals surface area (Å²) in [6.45, 7) is 5.87. The van der Waals surface area contributed by atoms with Gasteiger partial charge in [-0.25, -0.2) is 9.97 Å². The van der Waals surface area contributed by atoms with Crippen LogP contribution < -0.4 is 5.32 Å². The lowest BCUT2D eigenvalue weighted by Gasteiger charge is -2.09. The molecule has 8 heteroatoms. The Morgan fingerprint density at radius 3 is 2.81 bits per heavy atom. The van der Waals surface area contributed by atoms with Crippen LogP contribution in [0.4, 0.5) is 5.13 Å². The fourth-order valence-corrected chi connectivity index (χ4v) is 4.34. The molecule has 0 radical (unpaired) electrons. The third-order valence-electron chi connectivity index (χ3n) is 3.82. The number of carbonyl (C=O) groups is 1. The van der Waals surface area contributed by atoms with E-state index in [9.17, 15) is 4.79 Å². The Balaban J connectivity index is 1.58. The van der Waals surface area contributed by atoms with Gasteiger partial charge in [0, 0.05) is 11.4 Å². The Kier molecular flexibility index (Phi) is 4.29. The molecule has 0 bridgehead atoms. The van der Waals surface area contributed by atoms with Crippen molar-refractivity contribution in [1.29, 1.82) is 0 Å². The van der Waals surface area contributed by atoms with Crippen LogP contribution in [0.25, 0.3) is 20.9 Å². The predicted octanol–water partition coefficient (Wildman–Crippen LogP) is 4.76. The molecule has 3 aromatic heterocycles. The first-order chi connectivity index (χ1) is 12.5. The molecule has 1 N–H and O–H groups in total. The molecule has 1 amide bonds. The Morgan fingerprint density at radius 1 is 1.23 bits per heavy atom. The maximum absolute atomic E-state index is 12.6. The first-order valence-corrected chi connectivity index (χ1v) is 9.90. The fourth-order valence-electron chi connectivity index (χ4n) is 2.65. The maximum Gasteiger partial charge on any atom is 0.275 e. The molecule has 0 fully saturated rings. The highest BCUT2D eigenvalue weighted by Gasteiger charge is 2.18. The lowest BCUT2D eigenvalue weighted by atomic mass is 10.3. The number of carbonyl (C=O) groups excluding carboxylic acids is 1. The number of aromatic nitrogens is 4. The number of fused-ring (bicyclic) bond motifs is 1. The van der Waals surface area contributed by atoms with E-state index < -0.39 is 0 Å². The molecule has 26 heavy (non-hydrogen) atoms. The van der Waals surface area contributed by atoms with Crippen molar-refractivity contribution < 1.29 is 4.79 Å². The molecule has 4 aromatic rings. The lowest BCUT2D eigenvalue weighted by Crippen LogP contribution is -2.18. The standard InChI is InChI=1S/C18H17N5OS2/c1-10(2)23-14(8-11(3)22-23)16(24)21-18-20-13(9-25-18)17-19-12-6-4-5-7-15(12)26-17/h4-10H,1-3H3,(H,20,21,24). The van der Waals surface area contributed by atoms with Crippen LogP contribution in [-0.4, -0.2) is 25.7 Å². The topological polar surface area (TPSA) is 72.7 Å². The number of hydrogen-bond donors (Lipinski definition) is 1. The molecule has 0 aliphatic carbocycles. The highest BCUT2D eigenvalue weighted by atomic mass is 32.1. The highest BCUT2D eigenvalue weighted by Crippen LogP contribution is 2.32. The van der Waals surface area contributed by atoms with Crippen LogP contribution in [0.1, 0.15) is 36.1 Å². The quantitative estimate of drug-likeness (QED) is 0.551. The van der Waals surface area contributed by atoms with Gasteiger partial charge in [0.2, 0.25) is 0 Å². The number of rotatable bonds is 4. The molecular weight excluding hydrogens is 366 g/mol. The number of thiazole rings is 2. The van der Waals surface area contributed by atoms with Crippen molar-refractivity contribution in [3.05, 3.63) is 47.1 Å². The third kappa shape index (κ3) is 3.13. The smallest absolute Gasteiger partial charge is 0.275 e. The molecule has 0 atom stereocenters. The minimum atomic E-state index is -0.204. The first-order valence-electron chi connectivity index (χ1n) is 8.20. The predicted molar refractivity (Wildman–Crippen MR) is 106 cm³/mol. The van der Waals surface area contributed by atoms with Crippen molar-refractivity contribution in [3.63, 3.8) is 0 Å². The van der Waals surface area contributed by atoms with Crippen LogP contribution in [0.3, 0.4) is 0 Å². The van der Waals surface area contributed by atoms with Gasteiger partial charge in [-0.15, -0.1) is 22.7 Å². The molecule has 132 valence electrons. The van der Waals surface area contributed by atoms with Gasteiger partial charge in [-0.05, 0) is 39.0 Å². The van der Waals surface area contributed by atoms with Crippen LogP contribution in [0, 0.1) is 6.92 Å². The summed E-state index contributed by atoms with van der Waals surface area (Å²) in [6.07, 6.45) is 0. The van der Waals surface area contributed by atoms with Gasteiger partial charge in [0.15, 0.2) is 5.13 Å². The number of para-hydroxylation sites is 1. The normalized spacial score (nSPS) is 11.4. The summed E-state index contributed by atoms with van der Waals surface area (Å²) in [5.41, 5.74) is 3.09. The van der Waals surface area contributed by atoms with E-state index >= 15 is 0 Å². The molecular formula is C18H17N5OS2. The summed E-state index contributed by atoms with van der Waals surface area (Å²) in [5.74, 6) is -0.204.